The highest BCUT2D eigenvalue weighted by Gasteiger charge is 2.46. The van der Waals surface area contributed by atoms with Crippen molar-refractivity contribution < 1.29 is 4.39 Å². The summed E-state index contributed by atoms with van der Waals surface area (Å²) in [5.41, 5.74) is 1.50. The van der Waals surface area contributed by atoms with Crippen LogP contribution in [0.15, 0.2) is 24.3 Å². The lowest BCUT2D eigenvalue weighted by atomic mass is 9.90. The molecule has 82 valence electrons. The Balaban J connectivity index is 2.09. The molecule has 2 heteroatoms. The average Bonchev–Trinajstić information content (AvgIpc) is 2.98. The molecule has 1 N–H and O–H groups in total. The maximum absolute atomic E-state index is 13.0. The zero-order valence-corrected chi connectivity index (χ0v) is 9.39. The van der Waals surface area contributed by atoms with Gasteiger partial charge in [-0.1, -0.05) is 12.1 Å². The topological polar surface area (TPSA) is 12.0 Å². The first kappa shape index (κ1) is 10.6. The van der Waals surface area contributed by atoms with Crippen LogP contribution < -0.4 is 5.32 Å². The van der Waals surface area contributed by atoms with Crippen LogP contribution in [0.25, 0.3) is 0 Å². The first-order chi connectivity index (χ1) is 7.16. The summed E-state index contributed by atoms with van der Waals surface area (Å²) in [5, 5.41) is 3.31. The summed E-state index contributed by atoms with van der Waals surface area (Å²) in [6, 6.07) is 7.49. The zero-order valence-electron chi connectivity index (χ0n) is 9.39. The van der Waals surface area contributed by atoms with Gasteiger partial charge >= 0.3 is 0 Å². The van der Waals surface area contributed by atoms with E-state index in [0.29, 0.717) is 11.5 Å². The van der Waals surface area contributed by atoms with Crippen molar-refractivity contribution in [2.75, 3.05) is 7.05 Å². The van der Waals surface area contributed by atoms with Gasteiger partial charge in [0.2, 0.25) is 0 Å². The van der Waals surface area contributed by atoms with Crippen molar-refractivity contribution in [2.45, 2.75) is 32.2 Å². The monoisotopic (exact) mass is 207 g/mol. The van der Waals surface area contributed by atoms with E-state index >= 15 is 0 Å². The lowest BCUT2D eigenvalue weighted by Gasteiger charge is -2.23. The largest absolute Gasteiger partial charge is 0.317 e. The molecule has 0 heterocycles. The average molecular weight is 207 g/mol. The summed E-state index contributed by atoms with van der Waals surface area (Å²) in [6.45, 7) is 2.21. The molecule has 0 aromatic heterocycles. The quantitative estimate of drug-likeness (QED) is 0.800. The fourth-order valence-electron chi connectivity index (χ4n) is 2.28. The number of hydrogen-bond acceptors (Lipinski definition) is 1. The van der Waals surface area contributed by atoms with E-state index in [-0.39, 0.29) is 5.82 Å². The van der Waals surface area contributed by atoms with Gasteiger partial charge in [-0.15, -0.1) is 0 Å². The number of rotatable bonds is 4. The van der Waals surface area contributed by atoms with Gasteiger partial charge in [-0.3, -0.25) is 0 Å². The van der Waals surface area contributed by atoms with Crippen LogP contribution in [0, 0.1) is 11.2 Å². The molecule has 15 heavy (non-hydrogen) atoms. The van der Waals surface area contributed by atoms with Crippen molar-refractivity contribution in [3.05, 3.63) is 35.6 Å². The molecule has 1 unspecified atom stereocenters. The van der Waals surface area contributed by atoms with Crippen molar-refractivity contribution in [2.24, 2.45) is 5.41 Å². The van der Waals surface area contributed by atoms with E-state index in [1.807, 2.05) is 13.1 Å². The number of nitrogens with one attached hydrogen (secondary N) is 1. The van der Waals surface area contributed by atoms with Crippen LogP contribution in [0.2, 0.25) is 0 Å². The number of benzene rings is 1. The minimum Gasteiger partial charge on any atom is -0.317 e. The van der Waals surface area contributed by atoms with Gasteiger partial charge < -0.3 is 5.32 Å². The molecule has 2 rings (SSSR count). The molecule has 0 spiro atoms. The molecule has 1 fully saturated rings. The number of halogens is 1. The Labute approximate surface area is 90.7 Å². The maximum Gasteiger partial charge on any atom is 0.123 e. The fraction of sp³-hybridized carbons (Fsp3) is 0.538. The molecule has 1 aliphatic carbocycles. The summed E-state index contributed by atoms with van der Waals surface area (Å²) in [7, 11) is 2.00. The maximum atomic E-state index is 13.0. The van der Waals surface area contributed by atoms with Crippen molar-refractivity contribution in [3.63, 3.8) is 0 Å². The molecule has 1 atom stereocenters. The van der Waals surface area contributed by atoms with Crippen LogP contribution in [-0.2, 0) is 6.42 Å². The van der Waals surface area contributed by atoms with Gasteiger partial charge in [0, 0.05) is 6.04 Å². The first-order valence-electron chi connectivity index (χ1n) is 5.58. The molecule has 1 nitrogen and oxygen atoms in total. The fourth-order valence-corrected chi connectivity index (χ4v) is 2.28. The van der Waals surface area contributed by atoms with Gasteiger partial charge in [-0.05, 0) is 56.3 Å². The van der Waals surface area contributed by atoms with E-state index in [1.54, 1.807) is 12.1 Å². The van der Waals surface area contributed by atoms with Crippen molar-refractivity contribution in [1.82, 2.24) is 5.32 Å². The van der Waals surface area contributed by atoms with E-state index in [9.17, 15) is 4.39 Å². The third-order valence-corrected chi connectivity index (χ3v) is 3.69. The molecular formula is C13H18FN. The van der Waals surface area contributed by atoms with Crippen LogP contribution in [0.1, 0.15) is 25.3 Å². The Morgan fingerprint density at radius 3 is 2.73 bits per heavy atom. The van der Waals surface area contributed by atoms with Crippen molar-refractivity contribution >= 4 is 0 Å². The summed E-state index contributed by atoms with van der Waals surface area (Å²) in [6.07, 6.45) is 3.50. The van der Waals surface area contributed by atoms with E-state index in [0.717, 1.165) is 12.0 Å². The third kappa shape index (κ3) is 2.20. The van der Waals surface area contributed by atoms with Crippen LogP contribution in [0.4, 0.5) is 4.39 Å². The van der Waals surface area contributed by atoms with Gasteiger partial charge in [-0.25, -0.2) is 4.39 Å². The minimum absolute atomic E-state index is 0.125. The molecule has 0 saturated heterocycles. The van der Waals surface area contributed by atoms with Gasteiger partial charge in [0.05, 0.1) is 0 Å². The highest BCUT2D eigenvalue weighted by atomic mass is 19.1. The van der Waals surface area contributed by atoms with Gasteiger partial charge in [0.25, 0.3) is 0 Å². The van der Waals surface area contributed by atoms with Crippen molar-refractivity contribution in [1.29, 1.82) is 0 Å². The predicted molar refractivity (Wildman–Crippen MR) is 60.3 cm³/mol. The summed E-state index contributed by atoms with van der Waals surface area (Å²) in [4.78, 5) is 0. The molecule has 0 bridgehead atoms. The molecule has 1 aromatic carbocycles. The Hall–Kier alpha value is -0.890. The smallest absolute Gasteiger partial charge is 0.123 e. The second kappa shape index (κ2) is 3.93. The Kier molecular flexibility index (Phi) is 2.79. The van der Waals surface area contributed by atoms with Gasteiger partial charge in [-0.2, -0.15) is 0 Å². The second-order valence-electron chi connectivity index (χ2n) is 4.68. The molecule has 0 aliphatic heterocycles. The molecule has 1 aromatic rings. The predicted octanol–water partition coefficient (Wildman–Crippen LogP) is 2.76. The normalized spacial score (nSPS) is 19.9. The highest BCUT2D eigenvalue weighted by molar-refractivity contribution is 5.20. The molecule has 1 aliphatic rings. The molecule has 0 radical (unpaired) electrons. The number of hydrogen-bond donors (Lipinski definition) is 1. The van der Waals surface area contributed by atoms with Crippen molar-refractivity contribution in [3.8, 4) is 0 Å². The van der Waals surface area contributed by atoms with E-state index in [4.69, 9.17) is 0 Å². The summed E-state index contributed by atoms with van der Waals surface area (Å²) < 4.78 is 13.0. The van der Waals surface area contributed by atoms with E-state index < -0.39 is 0 Å². The lowest BCUT2D eigenvalue weighted by molar-refractivity contribution is 0.369. The molecule has 1 saturated carbocycles. The summed E-state index contributed by atoms with van der Waals surface area (Å²) >= 11 is 0. The Bertz CT molecular complexity index is 344. The molecule has 0 amide bonds. The second-order valence-corrected chi connectivity index (χ2v) is 4.68. The van der Waals surface area contributed by atoms with E-state index in [2.05, 4.69) is 12.2 Å². The Morgan fingerprint density at radius 1 is 1.47 bits per heavy atom. The first-order valence-corrected chi connectivity index (χ1v) is 5.58. The van der Waals surface area contributed by atoms with Crippen LogP contribution in [0.3, 0.4) is 0 Å². The molecular weight excluding hydrogens is 189 g/mol. The standard InChI is InChI=1S/C13H18FN/c1-10(15-2)13(6-7-13)9-11-4-3-5-12(14)8-11/h3-5,8,10,15H,6-7,9H2,1-2H3. The zero-order chi connectivity index (χ0) is 10.9. The van der Waals surface area contributed by atoms with E-state index in [1.165, 1.54) is 18.9 Å². The van der Waals surface area contributed by atoms with Gasteiger partial charge in [0.15, 0.2) is 0 Å². The van der Waals surface area contributed by atoms with Gasteiger partial charge in [0.1, 0.15) is 5.82 Å². The SMILES string of the molecule is CNC(C)C1(Cc2cccc(F)c2)CC1. The summed E-state index contributed by atoms with van der Waals surface area (Å²) in [5.74, 6) is -0.125. The highest BCUT2D eigenvalue weighted by Crippen LogP contribution is 2.51. The Morgan fingerprint density at radius 2 is 2.20 bits per heavy atom. The van der Waals surface area contributed by atoms with Crippen LogP contribution in [0.5, 0.6) is 0 Å². The third-order valence-electron chi connectivity index (χ3n) is 3.69. The minimum atomic E-state index is -0.125. The van der Waals surface area contributed by atoms with Crippen LogP contribution in [-0.4, -0.2) is 13.1 Å². The lowest BCUT2D eigenvalue weighted by Crippen LogP contribution is -2.33. The van der Waals surface area contributed by atoms with Crippen LogP contribution >= 0.6 is 0 Å².